The summed E-state index contributed by atoms with van der Waals surface area (Å²) < 4.78 is 5.51. The van der Waals surface area contributed by atoms with Gasteiger partial charge in [0, 0.05) is 44.6 Å². The molecule has 1 saturated heterocycles. The largest absolute Gasteiger partial charge is 0.446 e. The van der Waals surface area contributed by atoms with Crippen LogP contribution in [0.5, 0.6) is 0 Å². The smallest absolute Gasteiger partial charge is 0.410 e. The Hall–Kier alpha value is -2.93. The molecular weight excluding hydrogens is 370 g/mol. The molecular formula is C22H27N3O4. The number of amides is 2. The third-order valence-electron chi connectivity index (χ3n) is 5.30. The van der Waals surface area contributed by atoms with Crippen molar-refractivity contribution >= 4 is 12.0 Å². The fourth-order valence-corrected chi connectivity index (χ4v) is 3.52. The monoisotopic (exact) mass is 397 g/mol. The Kier molecular flexibility index (Phi) is 6.82. The molecule has 0 radical (unpaired) electrons. The van der Waals surface area contributed by atoms with Crippen molar-refractivity contribution in [2.24, 2.45) is 0 Å². The quantitative estimate of drug-likeness (QED) is 0.749. The predicted molar refractivity (Wildman–Crippen MR) is 109 cm³/mol. The van der Waals surface area contributed by atoms with Crippen LogP contribution in [-0.4, -0.2) is 53.3 Å². The van der Waals surface area contributed by atoms with E-state index in [4.69, 9.17) is 9.84 Å². The van der Waals surface area contributed by atoms with Gasteiger partial charge in [-0.15, -0.1) is 0 Å². The first-order valence-electron chi connectivity index (χ1n) is 9.89. The SMILES string of the molecule is CNC(=O)c1cncc(-c2ccc(C(C)N3CCC(CCCO)OC3=O)cc2)c1. The van der Waals surface area contributed by atoms with Gasteiger partial charge in [0.05, 0.1) is 11.6 Å². The molecule has 2 atom stereocenters. The number of rotatable bonds is 7. The van der Waals surface area contributed by atoms with Gasteiger partial charge in [-0.3, -0.25) is 9.78 Å². The summed E-state index contributed by atoms with van der Waals surface area (Å²) in [7, 11) is 1.59. The third-order valence-corrected chi connectivity index (χ3v) is 5.30. The summed E-state index contributed by atoms with van der Waals surface area (Å²) in [5.74, 6) is -0.175. The highest BCUT2D eigenvalue weighted by molar-refractivity contribution is 5.94. The molecule has 1 aliphatic rings. The number of benzene rings is 1. The first-order valence-corrected chi connectivity index (χ1v) is 9.89. The van der Waals surface area contributed by atoms with Crippen molar-refractivity contribution in [1.29, 1.82) is 0 Å². The van der Waals surface area contributed by atoms with Gasteiger partial charge in [-0.1, -0.05) is 24.3 Å². The molecule has 0 saturated carbocycles. The van der Waals surface area contributed by atoms with E-state index >= 15 is 0 Å². The lowest BCUT2D eigenvalue weighted by Crippen LogP contribution is -2.43. The van der Waals surface area contributed by atoms with E-state index < -0.39 is 0 Å². The molecule has 2 N–H and O–H groups in total. The second kappa shape index (κ2) is 9.52. The fraction of sp³-hybridized carbons (Fsp3) is 0.409. The fourth-order valence-electron chi connectivity index (χ4n) is 3.52. The average Bonchev–Trinajstić information content (AvgIpc) is 2.77. The normalized spacial score (nSPS) is 17.6. The number of carbonyl (C=O) groups is 2. The van der Waals surface area contributed by atoms with Crippen LogP contribution < -0.4 is 5.32 Å². The van der Waals surface area contributed by atoms with Crippen molar-refractivity contribution in [3.63, 3.8) is 0 Å². The van der Waals surface area contributed by atoms with E-state index in [0.717, 1.165) is 23.1 Å². The van der Waals surface area contributed by atoms with E-state index in [1.165, 1.54) is 6.20 Å². The molecule has 2 heterocycles. The molecule has 0 bridgehead atoms. The highest BCUT2D eigenvalue weighted by Crippen LogP contribution is 2.28. The van der Waals surface area contributed by atoms with Crippen molar-refractivity contribution in [2.75, 3.05) is 20.2 Å². The highest BCUT2D eigenvalue weighted by Gasteiger charge is 2.30. The number of aromatic nitrogens is 1. The van der Waals surface area contributed by atoms with Crippen molar-refractivity contribution in [2.45, 2.75) is 38.3 Å². The van der Waals surface area contributed by atoms with Crippen LogP contribution in [0.15, 0.2) is 42.7 Å². The topological polar surface area (TPSA) is 91.8 Å². The Morgan fingerprint density at radius 1 is 1.31 bits per heavy atom. The van der Waals surface area contributed by atoms with E-state index in [-0.39, 0.29) is 30.8 Å². The van der Waals surface area contributed by atoms with E-state index in [9.17, 15) is 9.59 Å². The summed E-state index contributed by atoms with van der Waals surface area (Å²) in [6.07, 6.45) is 4.95. The second-order valence-corrected chi connectivity index (χ2v) is 7.19. The van der Waals surface area contributed by atoms with Gasteiger partial charge in [-0.25, -0.2) is 4.79 Å². The molecule has 0 spiro atoms. The summed E-state index contributed by atoms with van der Waals surface area (Å²) in [6, 6.07) is 9.60. The van der Waals surface area contributed by atoms with Crippen LogP contribution in [0.25, 0.3) is 11.1 Å². The molecule has 7 heteroatoms. The van der Waals surface area contributed by atoms with Gasteiger partial charge < -0.3 is 20.1 Å². The maximum Gasteiger partial charge on any atom is 0.410 e. The predicted octanol–water partition coefficient (Wildman–Crippen LogP) is 3.15. The van der Waals surface area contributed by atoms with E-state index in [1.54, 1.807) is 24.2 Å². The van der Waals surface area contributed by atoms with Gasteiger partial charge in [0.15, 0.2) is 0 Å². The lowest BCUT2D eigenvalue weighted by atomic mass is 10.00. The first-order chi connectivity index (χ1) is 14.0. The number of cyclic esters (lactones) is 1. The summed E-state index contributed by atoms with van der Waals surface area (Å²) in [5, 5.41) is 11.5. The summed E-state index contributed by atoms with van der Waals surface area (Å²) in [6.45, 7) is 2.73. The molecule has 3 rings (SSSR count). The molecule has 1 aliphatic heterocycles. The number of ether oxygens (including phenoxy) is 1. The zero-order valence-corrected chi connectivity index (χ0v) is 16.8. The Labute approximate surface area is 170 Å². The van der Waals surface area contributed by atoms with Crippen LogP contribution in [0.3, 0.4) is 0 Å². The molecule has 7 nitrogen and oxygen atoms in total. The zero-order chi connectivity index (χ0) is 20.8. The minimum Gasteiger partial charge on any atom is -0.446 e. The minimum absolute atomic E-state index is 0.106. The second-order valence-electron chi connectivity index (χ2n) is 7.19. The third kappa shape index (κ3) is 4.92. The standard InChI is InChI=1S/C22H27N3O4/c1-15(25-10-9-20(4-3-11-26)29-22(25)28)16-5-7-17(8-6-16)18-12-19(14-24-13-18)21(27)23-2/h5-8,12-15,20,26H,3-4,9-11H2,1-2H3,(H,23,27). The Balaban J connectivity index is 1.69. The zero-order valence-electron chi connectivity index (χ0n) is 16.8. The molecule has 2 aromatic rings. The number of nitrogens with zero attached hydrogens (tertiary/aromatic N) is 2. The van der Waals surface area contributed by atoms with Gasteiger partial charge in [-0.05, 0) is 37.0 Å². The number of hydrogen-bond donors (Lipinski definition) is 2. The molecule has 1 fully saturated rings. The number of hydrogen-bond acceptors (Lipinski definition) is 5. The van der Waals surface area contributed by atoms with Crippen molar-refractivity contribution in [1.82, 2.24) is 15.2 Å². The lowest BCUT2D eigenvalue weighted by molar-refractivity contribution is 0.00760. The van der Waals surface area contributed by atoms with Crippen LogP contribution in [0.1, 0.15) is 48.1 Å². The molecule has 154 valence electrons. The maximum atomic E-state index is 12.4. The number of aliphatic hydroxyl groups is 1. The Morgan fingerprint density at radius 3 is 2.72 bits per heavy atom. The van der Waals surface area contributed by atoms with Crippen LogP contribution in [0.4, 0.5) is 4.79 Å². The van der Waals surface area contributed by atoms with Crippen LogP contribution in [-0.2, 0) is 4.74 Å². The first kappa shape index (κ1) is 20.8. The van der Waals surface area contributed by atoms with Crippen molar-refractivity contribution < 1.29 is 19.4 Å². The number of nitrogens with one attached hydrogen (secondary N) is 1. The molecule has 0 aliphatic carbocycles. The molecule has 2 amide bonds. The summed E-state index contributed by atoms with van der Waals surface area (Å²) in [4.78, 5) is 30.1. The summed E-state index contributed by atoms with van der Waals surface area (Å²) >= 11 is 0. The van der Waals surface area contributed by atoms with Gasteiger partial charge in [0.2, 0.25) is 0 Å². The summed E-state index contributed by atoms with van der Waals surface area (Å²) in [5.41, 5.74) is 3.32. The number of pyridine rings is 1. The van der Waals surface area contributed by atoms with E-state index in [2.05, 4.69) is 10.3 Å². The van der Waals surface area contributed by atoms with Crippen molar-refractivity contribution in [3.8, 4) is 11.1 Å². The van der Waals surface area contributed by atoms with Crippen LogP contribution in [0.2, 0.25) is 0 Å². The van der Waals surface area contributed by atoms with E-state index in [1.807, 2.05) is 31.2 Å². The van der Waals surface area contributed by atoms with Crippen LogP contribution >= 0.6 is 0 Å². The molecule has 1 aromatic carbocycles. The van der Waals surface area contributed by atoms with Gasteiger partial charge >= 0.3 is 6.09 Å². The number of carbonyl (C=O) groups excluding carboxylic acids is 2. The average molecular weight is 397 g/mol. The molecule has 29 heavy (non-hydrogen) atoms. The van der Waals surface area contributed by atoms with Gasteiger partial charge in [-0.2, -0.15) is 0 Å². The molecule has 1 aromatic heterocycles. The Bertz CT molecular complexity index is 853. The minimum atomic E-state index is -0.307. The van der Waals surface area contributed by atoms with Gasteiger partial charge in [0.1, 0.15) is 6.10 Å². The van der Waals surface area contributed by atoms with E-state index in [0.29, 0.717) is 24.9 Å². The highest BCUT2D eigenvalue weighted by atomic mass is 16.6. The van der Waals surface area contributed by atoms with Crippen LogP contribution in [0, 0.1) is 0 Å². The Morgan fingerprint density at radius 2 is 2.07 bits per heavy atom. The maximum absolute atomic E-state index is 12.4. The number of aliphatic hydroxyl groups excluding tert-OH is 1. The lowest BCUT2D eigenvalue weighted by Gasteiger charge is -2.35. The van der Waals surface area contributed by atoms with Crippen molar-refractivity contribution in [3.05, 3.63) is 53.9 Å². The van der Waals surface area contributed by atoms with Gasteiger partial charge in [0.25, 0.3) is 5.91 Å². The molecule has 2 unspecified atom stereocenters.